The van der Waals surface area contributed by atoms with Crippen molar-refractivity contribution in [3.05, 3.63) is 80.2 Å². The Morgan fingerprint density at radius 2 is 1.75 bits per heavy atom. The molecular weight excluding hydrogens is 422 g/mol. The fourth-order valence-corrected chi connectivity index (χ4v) is 2.91. The van der Waals surface area contributed by atoms with Gasteiger partial charge in [-0.25, -0.2) is 0 Å². The maximum absolute atomic E-state index is 12.9. The van der Waals surface area contributed by atoms with Crippen molar-refractivity contribution < 1.29 is 23.9 Å². The molecule has 12 nitrogen and oxygen atoms in total. The van der Waals surface area contributed by atoms with E-state index in [1.807, 2.05) is 0 Å². The average molecular weight is 441 g/mol. The Balaban J connectivity index is 1.73. The van der Waals surface area contributed by atoms with Crippen LogP contribution >= 0.6 is 0 Å². The van der Waals surface area contributed by atoms with Gasteiger partial charge in [0.2, 0.25) is 11.7 Å². The maximum atomic E-state index is 12.9. The number of non-ortho nitro benzene ring substituents is 2. The van der Waals surface area contributed by atoms with Crippen LogP contribution < -0.4 is 0 Å². The first-order chi connectivity index (χ1) is 15.4. The van der Waals surface area contributed by atoms with Crippen molar-refractivity contribution >= 4 is 17.3 Å². The van der Waals surface area contributed by atoms with Crippen LogP contribution in [0.15, 0.2) is 53.1 Å². The van der Waals surface area contributed by atoms with Crippen LogP contribution in [0.3, 0.4) is 0 Å². The van der Waals surface area contributed by atoms with Gasteiger partial charge >= 0.3 is 0 Å². The molecule has 12 heteroatoms. The van der Waals surface area contributed by atoms with Crippen molar-refractivity contribution in [1.29, 1.82) is 0 Å². The summed E-state index contributed by atoms with van der Waals surface area (Å²) < 4.78 is 10.3. The van der Waals surface area contributed by atoms with Crippen LogP contribution in [0.1, 0.15) is 16.2 Å². The van der Waals surface area contributed by atoms with Crippen LogP contribution in [-0.2, 0) is 11.2 Å². The lowest BCUT2D eigenvalue weighted by Gasteiger charge is -2.21. The molecule has 166 valence electrons. The number of carbonyl (C=O) groups excluding carboxylic acids is 1. The summed E-state index contributed by atoms with van der Waals surface area (Å²) in [6, 6.07) is 11.3. The Hall–Kier alpha value is -4.19. The molecule has 0 fully saturated rings. The first-order valence-electron chi connectivity index (χ1n) is 9.49. The molecule has 0 radical (unpaired) electrons. The molecule has 0 aliphatic rings. The van der Waals surface area contributed by atoms with Crippen LogP contribution in [0, 0.1) is 20.2 Å². The molecule has 1 heterocycles. The molecule has 1 aromatic heterocycles. The number of aromatic nitrogens is 2. The van der Waals surface area contributed by atoms with Gasteiger partial charge in [-0.05, 0) is 6.07 Å². The van der Waals surface area contributed by atoms with E-state index in [0.717, 1.165) is 0 Å². The lowest BCUT2D eigenvalue weighted by Crippen LogP contribution is -2.35. The fraction of sp³-hybridized carbons (Fsp3) is 0.250. The van der Waals surface area contributed by atoms with E-state index in [1.54, 1.807) is 6.07 Å². The standard InChI is InChI=1S/C20H19N5O7/c1-31-11-10-23(20(26)15-5-3-7-17(13-15)25(29)30)9-8-18-21-19(22-32-18)14-4-2-6-16(12-14)24(27)28/h2-7,12-13H,8-11H2,1H3. The minimum absolute atomic E-state index is 0.0952. The normalized spacial score (nSPS) is 10.7. The fourth-order valence-electron chi connectivity index (χ4n) is 2.91. The van der Waals surface area contributed by atoms with E-state index < -0.39 is 15.8 Å². The van der Waals surface area contributed by atoms with Crippen LogP contribution in [-0.4, -0.2) is 57.6 Å². The van der Waals surface area contributed by atoms with E-state index in [-0.39, 0.29) is 54.8 Å². The zero-order chi connectivity index (χ0) is 23.1. The smallest absolute Gasteiger partial charge is 0.270 e. The Labute approximate surface area is 181 Å². The van der Waals surface area contributed by atoms with Crippen LogP contribution in [0.4, 0.5) is 11.4 Å². The monoisotopic (exact) mass is 441 g/mol. The molecule has 0 aliphatic carbocycles. The molecule has 0 atom stereocenters. The van der Waals surface area contributed by atoms with Gasteiger partial charge in [-0.2, -0.15) is 4.98 Å². The topological polar surface area (TPSA) is 155 Å². The second kappa shape index (κ2) is 10.2. The van der Waals surface area contributed by atoms with E-state index in [2.05, 4.69) is 10.1 Å². The number of ether oxygens (including phenoxy) is 1. The molecule has 0 saturated carbocycles. The molecule has 1 amide bonds. The average Bonchev–Trinajstić information content (AvgIpc) is 3.28. The van der Waals surface area contributed by atoms with Crippen molar-refractivity contribution in [2.24, 2.45) is 0 Å². The van der Waals surface area contributed by atoms with Crippen molar-refractivity contribution in [2.75, 3.05) is 26.8 Å². The summed E-state index contributed by atoms with van der Waals surface area (Å²) in [6.07, 6.45) is 0.215. The number of rotatable bonds is 10. The molecule has 0 spiro atoms. The van der Waals surface area contributed by atoms with Crippen molar-refractivity contribution in [3.8, 4) is 11.4 Å². The number of benzene rings is 2. The molecule has 0 unspecified atom stereocenters. The highest BCUT2D eigenvalue weighted by atomic mass is 16.6. The second-order valence-electron chi connectivity index (χ2n) is 6.66. The number of methoxy groups -OCH3 is 1. The van der Waals surface area contributed by atoms with Gasteiger partial charge in [0.1, 0.15) is 0 Å². The zero-order valence-corrected chi connectivity index (χ0v) is 17.0. The van der Waals surface area contributed by atoms with Crippen LogP contribution in [0.25, 0.3) is 11.4 Å². The van der Waals surface area contributed by atoms with Crippen LogP contribution in [0.2, 0.25) is 0 Å². The first kappa shape index (κ1) is 22.5. The maximum Gasteiger partial charge on any atom is 0.270 e. The third kappa shape index (κ3) is 5.49. The van der Waals surface area contributed by atoms with Gasteiger partial charge in [-0.1, -0.05) is 23.4 Å². The number of nitro groups is 2. The van der Waals surface area contributed by atoms with Gasteiger partial charge in [-0.15, -0.1) is 0 Å². The molecule has 32 heavy (non-hydrogen) atoms. The summed E-state index contributed by atoms with van der Waals surface area (Å²) in [5.41, 5.74) is 0.333. The predicted molar refractivity (Wildman–Crippen MR) is 111 cm³/mol. The molecule has 2 aromatic carbocycles. The zero-order valence-electron chi connectivity index (χ0n) is 17.0. The summed E-state index contributed by atoms with van der Waals surface area (Å²) in [4.78, 5) is 39.5. The molecule has 0 bridgehead atoms. The predicted octanol–water partition coefficient (Wildman–Crippen LogP) is 2.88. The van der Waals surface area contributed by atoms with Crippen molar-refractivity contribution in [3.63, 3.8) is 0 Å². The van der Waals surface area contributed by atoms with E-state index in [1.165, 1.54) is 54.5 Å². The Morgan fingerprint density at radius 3 is 2.44 bits per heavy atom. The van der Waals surface area contributed by atoms with E-state index >= 15 is 0 Å². The molecule has 0 aliphatic heterocycles. The number of nitro benzene ring substituents is 2. The number of nitrogens with zero attached hydrogens (tertiary/aromatic N) is 5. The summed E-state index contributed by atoms with van der Waals surface area (Å²) in [5, 5.41) is 25.8. The molecule has 3 rings (SSSR count). The highest BCUT2D eigenvalue weighted by Gasteiger charge is 2.20. The molecular formula is C20H19N5O7. The minimum atomic E-state index is -0.565. The molecule has 0 saturated heterocycles. The van der Waals surface area contributed by atoms with Crippen molar-refractivity contribution in [1.82, 2.24) is 15.0 Å². The van der Waals surface area contributed by atoms with Crippen molar-refractivity contribution in [2.45, 2.75) is 6.42 Å². The molecule has 0 N–H and O–H groups in total. The highest BCUT2D eigenvalue weighted by Crippen LogP contribution is 2.21. The summed E-state index contributed by atoms with van der Waals surface area (Å²) in [6.45, 7) is 0.717. The van der Waals surface area contributed by atoms with Gasteiger partial charge in [-0.3, -0.25) is 25.0 Å². The van der Waals surface area contributed by atoms with Gasteiger partial charge in [0, 0.05) is 62.0 Å². The summed E-state index contributed by atoms with van der Waals surface area (Å²) >= 11 is 0. The Morgan fingerprint density at radius 1 is 1.06 bits per heavy atom. The summed E-state index contributed by atoms with van der Waals surface area (Å²) in [7, 11) is 1.50. The lowest BCUT2D eigenvalue weighted by molar-refractivity contribution is -0.385. The van der Waals surface area contributed by atoms with Gasteiger partial charge in [0.25, 0.3) is 17.3 Å². The van der Waals surface area contributed by atoms with E-state index in [9.17, 15) is 25.0 Å². The van der Waals surface area contributed by atoms with E-state index in [0.29, 0.717) is 5.56 Å². The number of hydrogen-bond donors (Lipinski definition) is 0. The molecule has 3 aromatic rings. The van der Waals surface area contributed by atoms with Gasteiger partial charge < -0.3 is 14.2 Å². The SMILES string of the molecule is COCCN(CCc1nc(-c2cccc([N+](=O)[O-])c2)no1)C(=O)c1cccc([N+](=O)[O-])c1. The number of hydrogen-bond acceptors (Lipinski definition) is 9. The van der Waals surface area contributed by atoms with Gasteiger partial charge in [0.15, 0.2) is 0 Å². The number of amides is 1. The Kier molecular flexibility index (Phi) is 7.18. The quantitative estimate of drug-likeness (QED) is 0.341. The Bertz CT molecular complexity index is 1130. The second-order valence-corrected chi connectivity index (χ2v) is 6.66. The largest absolute Gasteiger partial charge is 0.383 e. The number of carbonyl (C=O) groups is 1. The van der Waals surface area contributed by atoms with E-state index in [4.69, 9.17) is 9.26 Å². The van der Waals surface area contributed by atoms with Crippen LogP contribution in [0.5, 0.6) is 0 Å². The third-order valence-electron chi connectivity index (χ3n) is 4.54. The highest BCUT2D eigenvalue weighted by molar-refractivity contribution is 5.94. The first-order valence-corrected chi connectivity index (χ1v) is 9.49. The minimum Gasteiger partial charge on any atom is -0.383 e. The van der Waals surface area contributed by atoms with Gasteiger partial charge in [0.05, 0.1) is 16.5 Å². The lowest BCUT2D eigenvalue weighted by atomic mass is 10.1. The third-order valence-corrected chi connectivity index (χ3v) is 4.54. The summed E-state index contributed by atoms with van der Waals surface area (Å²) in [5.74, 6) is 0.0297.